The molecule has 1 aliphatic heterocycles. The van der Waals surface area contributed by atoms with Crippen molar-refractivity contribution < 1.29 is 19.4 Å². The maximum absolute atomic E-state index is 13.1. The van der Waals surface area contributed by atoms with Crippen molar-refractivity contribution in [2.24, 2.45) is 0 Å². The molecule has 1 fully saturated rings. The van der Waals surface area contributed by atoms with Gasteiger partial charge in [-0.15, -0.1) is 0 Å². The van der Waals surface area contributed by atoms with Gasteiger partial charge in [-0.3, -0.25) is 9.59 Å². The summed E-state index contributed by atoms with van der Waals surface area (Å²) in [4.78, 5) is 30.0. The summed E-state index contributed by atoms with van der Waals surface area (Å²) >= 11 is 0. The zero-order valence-electron chi connectivity index (χ0n) is 20.2. The Morgan fingerprint density at radius 2 is 1.64 bits per heavy atom. The summed E-state index contributed by atoms with van der Waals surface area (Å²) in [6, 6.07) is 14.2. The predicted octanol–water partition coefficient (Wildman–Crippen LogP) is 4.58. The Morgan fingerprint density at radius 1 is 1.03 bits per heavy atom. The SMILES string of the molecule is CCN(CC)CCN1C(=O)C(=O)/C(=C(/O)c2ccc(OC)cc2)[C@@H]1c1ccc(C(C)C)cc1. The number of Topliss-reactive ketones (excluding diaryl/α,β-unsaturated/α-hetero) is 1. The third kappa shape index (κ3) is 5.11. The second-order valence-corrected chi connectivity index (χ2v) is 8.57. The predicted molar refractivity (Wildman–Crippen MR) is 130 cm³/mol. The number of hydrogen-bond donors (Lipinski definition) is 1. The molecule has 33 heavy (non-hydrogen) atoms. The summed E-state index contributed by atoms with van der Waals surface area (Å²) < 4.78 is 5.19. The highest BCUT2D eigenvalue weighted by atomic mass is 16.5. The first-order valence-corrected chi connectivity index (χ1v) is 11.6. The number of amides is 1. The van der Waals surface area contributed by atoms with Gasteiger partial charge >= 0.3 is 0 Å². The van der Waals surface area contributed by atoms with Crippen LogP contribution in [0.1, 0.15) is 56.3 Å². The van der Waals surface area contributed by atoms with Crippen molar-refractivity contribution in [2.45, 2.75) is 39.7 Å². The lowest BCUT2D eigenvalue weighted by Crippen LogP contribution is -2.38. The molecule has 176 valence electrons. The molecular formula is C27H34N2O4. The first-order chi connectivity index (χ1) is 15.8. The highest BCUT2D eigenvalue weighted by molar-refractivity contribution is 6.46. The van der Waals surface area contributed by atoms with Crippen LogP contribution in [0.3, 0.4) is 0 Å². The minimum Gasteiger partial charge on any atom is -0.507 e. The zero-order valence-corrected chi connectivity index (χ0v) is 20.2. The monoisotopic (exact) mass is 450 g/mol. The van der Waals surface area contributed by atoms with Crippen LogP contribution in [0.15, 0.2) is 54.1 Å². The van der Waals surface area contributed by atoms with Crippen molar-refractivity contribution in [1.82, 2.24) is 9.80 Å². The molecule has 1 saturated heterocycles. The minimum atomic E-state index is -0.652. The third-order valence-corrected chi connectivity index (χ3v) is 6.37. The molecule has 1 N–H and O–H groups in total. The number of ketones is 1. The largest absolute Gasteiger partial charge is 0.507 e. The summed E-state index contributed by atoms with van der Waals surface area (Å²) in [5, 5.41) is 11.2. The van der Waals surface area contributed by atoms with E-state index in [1.807, 2.05) is 24.3 Å². The Bertz CT molecular complexity index is 1010. The van der Waals surface area contributed by atoms with Crippen LogP contribution in [-0.4, -0.2) is 59.9 Å². The summed E-state index contributed by atoms with van der Waals surface area (Å²) in [5.74, 6) is -0.380. The molecule has 3 rings (SSSR count). The molecule has 1 aliphatic rings. The Hall–Kier alpha value is -3.12. The molecule has 6 heteroatoms. The quantitative estimate of drug-likeness (QED) is 0.344. The molecule has 0 spiro atoms. The maximum Gasteiger partial charge on any atom is 0.295 e. The van der Waals surface area contributed by atoms with E-state index >= 15 is 0 Å². The van der Waals surface area contributed by atoms with Gasteiger partial charge in [-0.05, 0) is 54.4 Å². The average Bonchev–Trinajstić information content (AvgIpc) is 3.09. The van der Waals surface area contributed by atoms with Crippen molar-refractivity contribution in [3.05, 3.63) is 70.8 Å². The maximum atomic E-state index is 13.1. The Kier molecular flexibility index (Phi) is 7.92. The highest BCUT2D eigenvalue weighted by Gasteiger charge is 2.45. The Morgan fingerprint density at radius 3 is 2.15 bits per heavy atom. The van der Waals surface area contributed by atoms with E-state index in [0.717, 1.165) is 18.7 Å². The van der Waals surface area contributed by atoms with Gasteiger partial charge in [0.05, 0.1) is 18.7 Å². The fraction of sp³-hybridized carbons (Fsp3) is 0.407. The van der Waals surface area contributed by atoms with Crippen molar-refractivity contribution in [3.63, 3.8) is 0 Å². The fourth-order valence-electron chi connectivity index (χ4n) is 4.21. The van der Waals surface area contributed by atoms with E-state index in [1.165, 1.54) is 5.56 Å². The number of aliphatic hydroxyl groups is 1. The molecule has 0 aliphatic carbocycles. The van der Waals surface area contributed by atoms with E-state index in [1.54, 1.807) is 36.3 Å². The van der Waals surface area contributed by atoms with Gasteiger partial charge in [-0.25, -0.2) is 0 Å². The first kappa shape index (κ1) is 24.5. The number of hydrogen-bond acceptors (Lipinski definition) is 5. The fourth-order valence-corrected chi connectivity index (χ4v) is 4.21. The number of methoxy groups -OCH3 is 1. The summed E-state index contributed by atoms with van der Waals surface area (Å²) in [6.07, 6.45) is 0. The van der Waals surface area contributed by atoms with Crippen LogP contribution in [-0.2, 0) is 9.59 Å². The lowest BCUT2D eigenvalue weighted by molar-refractivity contribution is -0.140. The van der Waals surface area contributed by atoms with Gasteiger partial charge in [0.15, 0.2) is 0 Å². The zero-order chi connectivity index (χ0) is 24.1. The minimum absolute atomic E-state index is 0.127. The molecule has 0 saturated carbocycles. The molecule has 0 aromatic heterocycles. The summed E-state index contributed by atoms with van der Waals surface area (Å²) in [5.41, 5.74) is 2.59. The number of likely N-dealkylation sites (N-methyl/N-ethyl adjacent to an activating group) is 1. The lowest BCUT2D eigenvalue weighted by Gasteiger charge is -2.28. The van der Waals surface area contributed by atoms with E-state index in [9.17, 15) is 14.7 Å². The van der Waals surface area contributed by atoms with E-state index in [2.05, 4.69) is 32.6 Å². The van der Waals surface area contributed by atoms with E-state index in [-0.39, 0.29) is 11.3 Å². The normalized spacial score (nSPS) is 17.9. The van der Waals surface area contributed by atoms with E-state index in [4.69, 9.17) is 4.74 Å². The Labute approximate surface area is 196 Å². The molecule has 0 unspecified atom stereocenters. The second-order valence-electron chi connectivity index (χ2n) is 8.57. The molecule has 2 aromatic carbocycles. The van der Waals surface area contributed by atoms with Gasteiger partial charge in [0.1, 0.15) is 11.5 Å². The number of ether oxygens (including phenoxy) is 1. The van der Waals surface area contributed by atoms with E-state index < -0.39 is 17.7 Å². The van der Waals surface area contributed by atoms with E-state index in [0.29, 0.717) is 30.3 Å². The number of nitrogens with zero attached hydrogens (tertiary/aromatic N) is 2. The van der Waals surface area contributed by atoms with Crippen LogP contribution in [0.4, 0.5) is 0 Å². The number of carbonyl (C=O) groups is 2. The molecule has 0 bridgehead atoms. The number of aliphatic hydroxyl groups excluding tert-OH is 1. The topological polar surface area (TPSA) is 70.1 Å². The molecule has 1 heterocycles. The molecule has 0 radical (unpaired) electrons. The molecule has 2 aromatic rings. The van der Waals surface area contributed by atoms with Gasteiger partial charge in [0, 0.05) is 18.7 Å². The van der Waals surface area contributed by atoms with Gasteiger partial charge in [-0.1, -0.05) is 52.0 Å². The standard InChI is InChI=1S/C27H34N2O4/c1-6-28(7-2)16-17-29-24(20-10-8-19(9-11-20)18(3)4)23(26(31)27(29)32)25(30)21-12-14-22(33-5)15-13-21/h8-15,18,24,30H,6-7,16-17H2,1-5H3/b25-23+/t24-/m0/s1. The van der Waals surface area contributed by atoms with Crippen LogP contribution < -0.4 is 4.74 Å². The van der Waals surface area contributed by atoms with Crippen molar-refractivity contribution in [2.75, 3.05) is 33.3 Å². The summed E-state index contributed by atoms with van der Waals surface area (Å²) in [6.45, 7) is 11.2. The van der Waals surface area contributed by atoms with Crippen molar-refractivity contribution >= 4 is 17.4 Å². The van der Waals surface area contributed by atoms with Crippen molar-refractivity contribution in [3.8, 4) is 5.75 Å². The second kappa shape index (κ2) is 10.7. The van der Waals surface area contributed by atoms with Gasteiger partial charge in [-0.2, -0.15) is 0 Å². The number of benzene rings is 2. The summed E-state index contributed by atoms with van der Waals surface area (Å²) in [7, 11) is 1.57. The molecular weight excluding hydrogens is 416 g/mol. The average molecular weight is 451 g/mol. The van der Waals surface area contributed by atoms with Gasteiger partial charge in [0.25, 0.3) is 11.7 Å². The highest BCUT2D eigenvalue weighted by Crippen LogP contribution is 2.39. The van der Waals surface area contributed by atoms with Crippen LogP contribution in [0, 0.1) is 0 Å². The third-order valence-electron chi connectivity index (χ3n) is 6.37. The van der Waals surface area contributed by atoms with Crippen molar-refractivity contribution in [1.29, 1.82) is 0 Å². The molecule has 6 nitrogen and oxygen atoms in total. The smallest absolute Gasteiger partial charge is 0.295 e. The van der Waals surface area contributed by atoms with Crippen LogP contribution >= 0.6 is 0 Å². The van der Waals surface area contributed by atoms with Gasteiger partial charge in [0.2, 0.25) is 0 Å². The first-order valence-electron chi connectivity index (χ1n) is 11.6. The van der Waals surface area contributed by atoms with Gasteiger partial charge < -0.3 is 19.6 Å². The number of likely N-dealkylation sites (tertiary alicyclic amines) is 1. The Balaban J connectivity index is 2.08. The van der Waals surface area contributed by atoms with Crippen LogP contribution in [0.25, 0.3) is 5.76 Å². The van der Waals surface area contributed by atoms with Crippen LogP contribution in [0.2, 0.25) is 0 Å². The number of rotatable bonds is 9. The van der Waals surface area contributed by atoms with Crippen LogP contribution in [0.5, 0.6) is 5.75 Å². The molecule has 1 amide bonds. The molecule has 1 atom stereocenters. The number of carbonyl (C=O) groups excluding carboxylic acids is 2. The lowest BCUT2D eigenvalue weighted by atomic mass is 9.93.